The zero-order valence-electron chi connectivity index (χ0n) is 14.1. The minimum absolute atomic E-state index is 0.117. The molecule has 0 unspecified atom stereocenters. The number of carbonyl (C=O) groups is 2. The molecule has 0 radical (unpaired) electrons. The maximum Gasteiger partial charge on any atom is 0.244 e. The second-order valence-corrected chi connectivity index (χ2v) is 7.35. The van der Waals surface area contributed by atoms with E-state index >= 15 is 0 Å². The molecule has 2 amide bonds. The zero-order chi connectivity index (χ0) is 17.7. The van der Waals surface area contributed by atoms with Gasteiger partial charge >= 0.3 is 0 Å². The van der Waals surface area contributed by atoms with Crippen LogP contribution in [-0.4, -0.2) is 46.8 Å². The number of hydrogen-bond donors (Lipinski definition) is 1. The molecule has 1 N–H and O–H groups in total. The summed E-state index contributed by atoms with van der Waals surface area (Å²) in [6.07, 6.45) is 0. The molecule has 128 valence electrons. The molecule has 2 aromatic rings. The van der Waals surface area contributed by atoms with Crippen molar-refractivity contribution in [2.75, 3.05) is 19.8 Å². The van der Waals surface area contributed by atoms with E-state index < -0.39 is 16.8 Å². The predicted octanol–water partition coefficient (Wildman–Crippen LogP) is 1.68. The Bertz CT molecular complexity index is 768. The van der Waals surface area contributed by atoms with Crippen molar-refractivity contribution < 1.29 is 13.8 Å². The molecule has 5 nitrogen and oxygen atoms in total. The molecule has 0 aliphatic heterocycles. The van der Waals surface area contributed by atoms with Crippen LogP contribution in [0.25, 0.3) is 10.8 Å². The molecule has 24 heavy (non-hydrogen) atoms. The van der Waals surface area contributed by atoms with E-state index in [4.69, 9.17) is 0 Å². The number of likely N-dealkylation sites (N-methyl/N-ethyl adjacent to an activating group) is 1. The fourth-order valence-corrected chi connectivity index (χ4v) is 3.60. The molecule has 0 fully saturated rings. The summed E-state index contributed by atoms with van der Waals surface area (Å²) in [6, 6.07) is 13.1. The van der Waals surface area contributed by atoms with Crippen molar-refractivity contribution in [3.05, 3.63) is 48.0 Å². The van der Waals surface area contributed by atoms with Gasteiger partial charge in [0, 0.05) is 30.6 Å². The van der Waals surface area contributed by atoms with Crippen molar-refractivity contribution in [1.29, 1.82) is 0 Å². The summed E-state index contributed by atoms with van der Waals surface area (Å²) < 4.78 is 12.3. The highest BCUT2D eigenvalue weighted by atomic mass is 32.2. The highest BCUT2D eigenvalue weighted by Crippen LogP contribution is 2.19. The SMILES string of the molecule is C[C@@H](NC(=O)C[S@@](=O)Cc1cccc2ccccc12)C(=O)N(C)C. The van der Waals surface area contributed by atoms with Gasteiger partial charge < -0.3 is 10.2 Å². The van der Waals surface area contributed by atoms with Gasteiger partial charge in [-0.1, -0.05) is 42.5 Å². The zero-order valence-corrected chi connectivity index (χ0v) is 14.9. The van der Waals surface area contributed by atoms with E-state index in [0.717, 1.165) is 16.3 Å². The normalized spacial score (nSPS) is 13.3. The van der Waals surface area contributed by atoms with Crippen molar-refractivity contribution in [1.82, 2.24) is 10.2 Å². The fourth-order valence-electron chi connectivity index (χ4n) is 2.52. The highest BCUT2D eigenvalue weighted by molar-refractivity contribution is 7.84. The van der Waals surface area contributed by atoms with Gasteiger partial charge in [-0.05, 0) is 23.3 Å². The van der Waals surface area contributed by atoms with Crippen molar-refractivity contribution in [2.24, 2.45) is 0 Å². The number of hydrogen-bond acceptors (Lipinski definition) is 3. The van der Waals surface area contributed by atoms with E-state index in [1.807, 2.05) is 42.5 Å². The monoisotopic (exact) mass is 346 g/mol. The first-order chi connectivity index (χ1) is 11.4. The van der Waals surface area contributed by atoms with E-state index in [1.54, 1.807) is 21.0 Å². The van der Waals surface area contributed by atoms with Crippen molar-refractivity contribution in [3.8, 4) is 0 Å². The Morgan fingerprint density at radius 3 is 2.50 bits per heavy atom. The number of carbonyl (C=O) groups excluding carboxylic acids is 2. The maximum absolute atomic E-state index is 12.3. The van der Waals surface area contributed by atoms with Gasteiger partial charge in [-0.3, -0.25) is 13.8 Å². The Hall–Kier alpha value is -2.21. The molecular formula is C18H22N2O3S. The lowest BCUT2D eigenvalue weighted by Crippen LogP contribution is -2.45. The molecule has 6 heteroatoms. The second kappa shape index (κ2) is 8.06. The van der Waals surface area contributed by atoms with Crippen LogP contribution >= 0.6 is 0 Å². The van der Waals surface area contributed by atoms with E-state index in [1.165, 1.54) is 4.90 Å². The molecule has 2 aromatic carbocycles. The summed E-state index contributed by atoms with van der Waals surface area (Å²) in [5.74, 6) is -0.376. The summed E-state index contributed by atoms with van der Waals surface area (Å²) in [6.45, 7) is 1.62. The van der Waals surface area contributed by atoms with Crippen LogP contribution in [0.4, 0.5) is 0 Å². The third kappa shape index (κ3) is 4.64. The summed E-state index contributed by atoms with van der Waals surface area (Å²) in [5, 5.41) is 4.72. The van der Waals surface area contributed by atoms with E-state index in [2.05, 4.69) is 5.32 Å². The Balaban J connectivity index is 1.97. The van der Waals surface area contributed by atoms with E-state index in [0.29, 0.717) is 5.75 Å². The average Bonchev–Trinajstić information content (AvgIpc) is 2.54. The van der Waals surface area contributed by atoms with Crippen LogP contribution in [0.1, 0.15) is 12.5 Å². The summed E-state index contributed by atoms with van der Waals surface area (Å²) >= 11 is 0. The standard InChI is InChI=1S/C18H22N2O3S/c1-13(18(22)20(2)3)19-17(21)12-24(23)11-15-9-6-8-14-7-4-5-10-16(14)15/h4-10,13H,11-12H2,1-3H3,(H,19,21)/t13-,24+/m1/s1. The molecule has 0 spiro atoms. The van der Waals surface area contributed by atoms with Crippen molar-refractivity contribution in [2.45, 2.75) is 18.7 Å². The minimum atomic E-state index is -1.33. The van der Waals surface area contributed by atoms with Crippen LogP contribution in [0, 0.1) is 0 Å². The van der Waals surface area contributed by atoms with Crippen molar-refractivity contribution >= 4 is 33.4 Å². The third-order valence-corrected chi connectivity index (χ3v) is 4.89. The highest BCUT2D eigenvalue weighted by Gasteiger charge is 2.18. The summed E-state index contributed by atoms with van der Waals surface area (Å²) in [4.78, 5) is 25.1. The molecule has 2 atom stereocenters. The number of nitrogens with one attached hydrogen (secondary N) is 1. The van der Waals surface area contributed by atoms with Gasteiger partial charge in [0.25, 0.3) is 0 Å². The van der Waals surface area contributed by atoms with Crippen LogP contribution in [0.3, 0.4) is 0 Å². The quantitative estimate of drug-likeness (QED) is 0.865. The van der Waals surface area contributed by atoms with Crippen LogP contribution in [0.5, 0.6) is 0 Å². The number of fused-ring (bicyclic) bond motifs is 1. The summed E-state index contributed by atoms with van der Waals surface area (Å²) in [5.41, 5.74) is 0.955. The smallest absolute Gasteiger partial charge is 0.244 e. The van der Waals surface area contributed by atoms with Gasteiger partial charge in [0.1, 0.15) is 11.8 Å². The second-order valence-electron chi connectivity index (χ2n) is 5.89. The van der Waals surface area contributed by atoms with Gasteiger partial charge in [-0.25, -0.2) is 0 Å². The van der Waals surface area contributed by atoms with Crippen LogP contribution < -0.4 is 5.32 Å². The first kappa shape index (κ1) is 18.1. The molecule has 0 aromatic heterocycles. The van der Waals surface area contributed by atoms with Crippen LogP contribution in [0.15, 0.2) is 42.5 Å². The Morgan fingerprint density at radius 1 is 1.12 bits per heavy atom. The molecule has 0 aliphatic carbocycles. The Kier molecular flexibility index (Phi) is 6.09. The van der Waals surface area contributed by atoms with Crippen LogP contribution in [0.2, 0.25) is 0 Å². The van der Waals surface area contributed by atoms with Gasteiger partial charge in [-0.2, -0.15) is 0 Å². The van der Waals surface area contributed by atoms with Gasteiger partial charge in [0.05, 0.1) is 0 Å². The average molecular weight is 346 g/mol. The van der Waals surface area contributed by atoms with Crippen LogP contribution in [-0.2, 0) is 26.1 Å². The lowest BCUT2D eigenvalue weighted by atomic mass is 10.1. The largest absolute Gasteiger partial charge is 0.347 e. The first-order valence-corrected chi connectivity index (χ1v) is 9.19. The van der Waals surface area contributed by atoms with Gasteiger partial charge in [0.2, 0.25) is 11.8 Å². The number of benzene rings is 2. The predicted molar refractivity (Wildman–Crippen MR) is 97.0 cm³/mol. The van der Waals surface area contributed by atoms with Crippen molar-refractivity contribution in [3.63, 3.8) is 0 Å². The topological polar surface area (TPSA) is 66.5 Å². The lowest BCUT2D eigenvalue weighted by Gasteiger charge is -2.17. The molecule has 0 saturated carbocycles. The van der Waals surface area contributed by atoms with Gasteiger partial charge in [0.15, 0.2) is 0 Å². The third-order valence-electron chi connectivity index (χ3n) is 3.68. The number of rotatable bonds is 6. The molecule has 0 saturated heterocycles. The fraction of sp³-hybridized carbons (Fsp3) is 0.333. The first-order valence-electron chi connectivity index (χ1n) is 7.70. The van der Waals surface area contributed by atoms with Gasteiger partial charge in [-0.15, -0.1) is 0 Å². The molecule has 0 bridgehead atoms. The Morgan fingerprint density at radius 2 is 1.79 bits per heavy atom. The molecule has 0 aliphatic rings. The molecule has 0 heterocycles. The number of nitrogens with zero attached hydrogens (tertiary/aromatic N) is 1. The summed E-state index contributed by atoms with van der Waals surface area (Å²) in [7, 11) is 1.92. The van der Waals surface area contributed by atoms with E-state index in [-0.39, 0.29) is 17.6 Å². The Labute approximate surface area is 144 Å². The number of amides is 2. The lowest BCUT2D eigenvalue weighted by molar-refractivity contribution is -0.133. The molecule has 2 rings (SSSR count). The molecular weight excluding hydrogens is 324 g/mol. The van der Waals surface area contributed by atoms with E-state index in [9.17, 15) is 13.8 Å². The maximum atomic E-state index is 12.3. The minimum Gasteiger partial charge on any atom is -0.347 e.